The fourth-order valence-electron chi connectivity index (χ4n) is 10.2. The standard InChI is InChI=1S/C65H103BrN16O18/c1-12-34(10)45-59(93)80-46(35(11)83)58(92)72-28-44(84)78-48(51(86)53(68)87)61(95)77-43(29-99-65(98)73-38-21-16-20-37(66)27-38)63(97)100-52(36-18-14-13-15-19-36)49(82-57(91)42(26-32(6)7)75-54(88)39(67)24-30(2)3)62(96)81-47(50(85)33(8)9)60(94)76-41(25-31(4)5)56(90)74-40(55(89)79-45)22-17-23-71-64(69)70/h13-16,18-21,27,30-35,39-43,45-52,58,72,83,85-86,92H,12,17,22-26,28-29,67H2,1-11H3,(H2,68,87)(H,73,98)(H,74,90)(H,75,88)(H,76,94)(H,77,95)(H,78,84)(H,79,89)(H,80,93)(H,81,96)(H,82,91)(H4,69,70,71)/t34-,35-,39+,40+,41-,42-,43-,45-,46-,47-,48-,49-,50+,51-,52+,58?/m0/s1. The number of hydrogen-bond donors (Lipinski definition) is 19. The van der Waals surface area contributed by atoms with Gasteiger partial charge in [-0.05, 0) is 92.4 Å². The molecule has 1 unspecified atom stereocenters. The number of hydrogen-bond acceptors (Lipinski definition) is 21. The molecule has 0 spiro atoms. The van der Waals surface area contributed by atoms with Gasteiger partial charge in [-0.2, -0.15) is 0 Å². The zero-order valence-electron chi connectivity index (χ0n) is 58.2. The third-order valence-electron chi connectivity index (χ3n) is 15.9. The summed E-state index contributed by atoms with van der Waals surface area (Å²) in [6.45, 7) is 15.6. The Morgan fingerprint density at radius 3 is 1.85 bits per heavy atom. The maximum Gasteiger partial charge on any atom is 0.411 e. The number of ether oxygens (including phenoxy) is 2. The molecule has 35 heteroatoms. The number of primary amides is 1. The Labute approximate surface area is 589 Å². The van der Waals surface area contributed by atoms with E-state index < -0.39 is 193 Å². The number of anilines is 1. The maximum absolute atomic E-state index is 15.7. The Bertz CT molecular complexity index is 3120. The van der Waals surface area contributed by atoms with Gasteiger partial charge in [-0.15, -0.1) is 0 Å². The summed E-state index contributed by atoms with van der Waals surface area (Å²) in [5.74, 6) is -16.2. The van der Waals surface area contributed by atoms with E-state index in [0.29, 0.717) is 4.47 Å². The van der Waals surface area contributed by atoms with Gasteiger partial charge >= 0.3 is 12.1 Å². The monoisotopic (exact) mass is 1470 g/mol. The number of aliphatic hydroxyl groups is 4. The van der Waals surface area contributed by atoms with Crippen LogP contribution < -0.4 is 81.4 Å². The largest absolute Gasteiger partial charge is 0.453 e. The number of benzene rings is 2. The van der Waals surface area contributed by atoms with Crippen molar-refractivity contribution in [3.05, 3.63) is 64.6 Å². The number of carbonyl (C=O) groups excluding carboxylic acids is 12. The van der Waals surface area contributed by atoms with Gasteiger partial charge in [0, 0.05) is 16.7 Å². The average Bonchev–Trinajstić information content (AvgIpc) is 0.849. The van der Waals surface area contributed by atoms with Gasteiger partial charge in [0.2, 0.25) is 59.1 Å². The molecule has 0 aromatic heterocycles. The molecule has 2 aromatic rings. The predicted molar refractivity (Wildman–Crippen MR) is 369 cm³/mol. The van der Waals surface area contributed by atoms with Crippen molar-refractivity contribution in [2.75, 3.05) is 25.0 Å². The fourth-order valence-corrected chi connectivity index (χ4v) is 10.6. The quantitative estimate of drug-likeness (QED) is 0.0209. The third-order valence-corrected chi connectivity index (χ3v) is 16.4. The number of aliphatic imine (C=N–C) groups is 1. The van der Waals surface area contributed by atoms with Gasteiger partial charge in [0.05, 0.1) is 30.8 Å². The molecule has 3 rings (SSSR count). The summed E-state index contributed by atoms with van der Waals surface area (Å²) in [7, 11) is 0. The van der Waals surface area contributed by atoms with Gasteiger partial charge in [0.1, 0.15) is 55.1 Å². The Morgan fingerprint density at radius 2 is 1.28 bits per heavy atom. The predicted octanol–water partition coefficient (Wildman–Crippen LogP) is -2.62. The Kier molecular flexibility index (Phi) is 35.8. The first-order chi connectivity index (χ1) is 46.8. The molecule has 16 atom stereocenters. The Hall–Kier alpha value is -8.61. The SMILES string of the molecule is CC[C@H](C)[C@@H]1NC(=O)[C@@H](CCCN=C(N)N)NC(=O)[C@H](CC(C)C)NC(=O)[C@H]([C@H](O)C(C)C)NC(=O)[C@@H](NC(=O)[C@H](CC(C)C)NC(=O)[C@H](N)CC(C)C)[C@@H](c2ccccc2)OC(=O)[C@H](COC(=O)Nc2cccc(Br)c2)NC(=O)[C@H]([C@H](O)C(N)=O)NC(=O)CNC(O)[C@H]([C@H](C)O)NC1=O. The zero-order chi connectivity index (χ0) is 75.4. The summed E-state index contributed by atoms with van der Waals surface area (Å²) in [6.07, 6.45) is -11.5. The lowest BCUT2D eigenvalue weighted by Crippen LogP contribution is -2.64. The number of nitrogens with zero attached hydrogens (tertiary/aromatic N) is 1. The molecule has 1 aliphatic heterocycles. The number of carbonyl (C=O) groups is 12. The van der Waals surface area contributed by atoms with E-state index in [1.165, 1.54) is 56.3 Å². The molecular formula is C65H103BrN16O18. The van der Waals surface area contributed by atoms with Crippen LogP contribution in [0.1, 0.15) is 126 Å². The van der Waals surface area contributed by atoms with Crippen molar-refractivity contribution in [1.82, 2.24) is 53.2 Å². The number of aliphatic hydroxyl groups excluding tert-OH is 4. The number of esters is 1. The van der Waals surface area contributed by atoms with Crippen LogP contribution in [0.4, 0.5) is 10.5 Å². The van der Waals surface area contributed by atoms with E-state index in [1.807, 2.05) is 13.8 Å². The van der Waals surface area contributed by atoms with Crippen molar-refractivity contribution in [2.24, 2.45) is 57.5 Å². The highest BCUT2D eigenvalue weighted by atomic mass is 79.9. The van der Waals surface area contributed by atoms with Gasteiger partial charge in [-0.1, -0.05) is 128 Å². The minimum Gasteiger partial charge on any atom is -0.453 e. The lowest BCUT2D eigenvalue weighted by atomic mass is 9.95. The van der Waals surface area contributed by atoms with Crippen molar-refractivity contribution in [2.45, 2.75) is 206 Å². The van der Waals surface area contributed by atoms with Crippen molar-refractivity contribution >= 4 is 98.7 Å². The van der Waals surface area contributed by atoms with Crippen LogP contribution in [0, 0.1) is 29.6 Å². The molecular weight excluding hydrogens is 1370 g/mol. The van der Waals surface area contributed by atoms with Gasteiger partial charge in [-0.25, -0.2) is 9.59 Å². The summed E-state index contributed by atoms with van der Waals surface area (Å²) >= 11 is 3.29. The van der Waals surface area contributed by atoms with E-state index >= 15 is 19.2 Å². The number of nitrogens with two attached hydrogens (primary N) is 4. The lowest BCUT2D eigenvalue weighted by Gasteiger charge is -2.34. The van der Waals surface area contributed by atoms with E-state index in [4.69, 9.17) is 32.4 Å². The van der Waals surface area contributed by atoms with Crippen LogP contribution in [0.2, 0.25) is 0 Å². The van der Waals surface area contributed by atoms with Crippen LogP contribution in [0.15, 0.2) is 64.1 Å². The van der Waals surface area contributed by atoms with Gasteiger partial charge in [0.15, 0.2) is 24.2 Å². The molecule has 0 aliphatic carbocycles. The van der Waals surface area contributed by atoms with Crippen molar-refractivity contribution in [1.29, 1.82) is 0 Å². The molecule has 0 radical (unpaired) electrons. The molecule has 1 saturated heterocycles. The molecule has 11 amide bonds. The summed E-state index contributed by atoms with van der Waals surface area (Å²) < 4.78 is 12.1. The second-order valence-electron chi connectivity index (χ2n) is 26.3. The van der Waals surface area contributed by atoms with Crippen LogP contribution in [-0.2, 0) is 62.2 Å². The lowest BCUT2D eigenvalue weighted by molar-refractivity contribution is -0.159. The number of halogens is 1. The van der Waals surface area contributed by atoms with E-state index in [9.17, 15) is 58.8 Å². The molecule has 100 heavy (non-hydrogen) atoms. The second-order valence-corrected chi connectivity index (χ2v) is 27.2. The summed E-state index contributed by atoms with van der Waals surface area (Å²) in [4.78, 5) is 177. The molecule has 1 aliphatic rings. The minimum absolute atomic E-state index is 0.0425. The highest BCUT2D eigenvalue weighted by Crippen LogP contribution is 2.25. The van der Waals surface area contributed by atoms with E-state index in [0.717, 1.165) is 6.92 Å². The van der Waals surface area contributed by atoms with Crippen molar-refractivity contribution < 1.29 is 87.4 Å². The summed E-state index contributed by atoms with van der Waals surface area (Å²) in [5.41, 5.74) is 23.0. The summed E-state index contributed by atoms with van der Waals surface area (Å²) in [5, 5.41) is 72.6. The van der Waals surface area contributed by atoms with Crippen LogP contribution in [0.3, 0.4) is 0 Å². The highest BCUT2D eigenvalue weighted by Gasteiger charge is 2.44. The van der Waals surface area contributed by atoms with E-state index in [2.05, 4.69) is 79.4 Å². The van der Waals surface area contributed by atoms with Crippen molar-refractivity contribution in [3.63, 3.8) is 0 Å². The molecule has 1 fully saturated rings. The first kappa shape index (κ1) is 85.6. The highest BCUT2D eigenvalue weighted by molar-refractivity contribution is 9.10. The topological polar surface area (TPSA) is 553 Å². The normalized spacial score (nSPS) is 24.1. The Balaban J connectivity index is 2.51. The molecule has 2 aromatic carbocycles. The number of cyclic esters (lactones) is 1. The summed E-state index contributed by atoms with van der Waals surface area (Å²) in [6, 6.07) is -4.80. The average molecular weight is 1480 g/mol. The number of amides is 11. The van der Waals surface area contributed by atoms with Crippen LogP contribution >= 0.6 is 15.9 Å². The van der Waals surface area contributed by atoms with E-state index in [-0.39, 0.29) is 74.1 Å². The van der Waals surface area contributed by atoms with Crippen LogP contribution in [0.25, 0.3) is 0 Å². The Morgan fingerprint density at radius 1 is 0.690 bits per heavy atom. The molecule has 0 saturated carbocycles. The molecule has 23 N–H and O–H groups in total. The zero-order valence-corrected chi connectivity index (χ0v) is 59.8. The van der Waals surface area contributed by atoms with E-state index in [1.54, 1.807) is 53.7 Å². The second kappa shape index (κ2) is 41.8. The first-order valence-corrected chi connectivity index (χ1v) is 33.9. The number of rotatable bonds is 25. The van der Waals surface area contributed by atoms with Gasteiger partial charge in [-0.3, -0.25) is 63.6 Å². The smallest absolute Gasteiger partial charge is 0.411 e. The molecule has 558 valence electrons. The van der Waals surface area contributed by atoms with Gasteiger partial charge in [0.25, 0.3) is 0 Å². The number of nitrogens with one attached hydrogen (secondary N) is 11. The minimum atomic E-state index is -2.62. The molecule has 0 bridgehead atoms. The third kappa shape index (κ3) is 28.6. The maximum atomic E-state index is 15.7. The fraction of sp³-hybridized carbons (Fsp3) is 0.615. The molecule has 1 heterocycles. The van der Waals surface area contributed by atoms with Crippen LogP contribution in [0.5, 0.6) is 0 Å². The van der Waals surface area contributed by atoms with Crippen molar-refractivity contribution in [3.8, 4) is 0 Å². The van der Waals surface area contributed by atoms with Crippen LogP contribution in [-0.4, -0.2) is 202 Å². The first-order valence-electron chi connectivity index (χ1n) is 33.1. The van der Waals surface area contributed by atoms with Gasteiger partial charge < -0.3 is 101 Å². The molecule has 34 nitrogen and oxygen atoms in total. The number of guanidine groups is 1.